The van der Waals surface area contributed by atoms with E-state index in [1.165, 1.54) is 0 Å². The minimum Gasteiger partial charge on any atom is -0.306 e. The van der Waals surface area contributed by atoms with Crippen molar-refractivity contribution in [3.8, 4) is 0 Å². The molecule has 1 fully saturated rings. The van der Waals surface area contributed by atoms with E-state index in [2.05, 4.69) is 11.9 Å². The van der Waals surface area contributed by atoms with Crippen molar-refractivity contribution in [3.63, 3.8) is 0 Å². The summed E-state index contributed by atoms with van der Waals surface area (Å²) in [6.45, 7) is 4.02. The minimum absolute atomic E-state index is 0.343. The molecule has 1 heterocycles. The largest absolute Gasteiger partial charge is 0.306 e. The molecule has 2 heteroatoms. The van der Waals surface area contributed by atoms with E-state index in [4.69, 9.17) is 0 Å². The number of hydrogen-bond donors (Lipinski definition) is 0. The number of likely N-dealkylation sites (tertiary alicyclic amines) is 1. The van der Waals surface area contributed by atoms with Crippen LogP contribution in [0.4, 0.5) is 0 Å². The first-order valence-corrected chi connectivity index (χ1v) is 3.95. The molecule has 0 radical (unpaired) electrons. The van der Waals surface area contributed by atoms with Crippen LogP contribution in [0.1, 0.15) is 19.8 Å². The quantitative estimate of drug-likeness (QED) is 0.570. The summed E-state index contributed by atoms with van der Waals surface area (Å²) in [6.07, 6.45) is 1.78. The number of Topliss-reactive ketones (excluding diaryl/α,β-unsaturated/α-hetero) is 1. The van der Waals surface area contributed by atoms with Crippen molar-refractivity contribution >= 4 is 5.78 Å². The number of carbonyl (C=O) groups is 1. The van der Waals surface area contributed by atoms with Crippen molar-refractivity contribution in [3.05, 3.63) is 0 Å². The van der Waals surface area contributed by atoms with Gasteiger partial charge >= 0.3 is 0 Å². The monoisotopic (exact) mass is 141 g/mol. The number of hydrogen-bond acceptors (Lipinski definition) is 2. The molecule has 0 N–H and O–H groups in total. The predicted molar refractivity (Wildman–Crippen MR) is 40.9 cm³/mol. The zero-order valence-electron chi connectivity index (χ0n) is 6.76. The van der Waals surface area contributed by atoms with E-state index in [0.29, 0.717) is 18.1 Å². The second kappa shape index (κ2) is 3.15. The van der Waals surface area contributed by atoms with Crippen LogP contribution in [0, 0.1) is 5.92 Å². The summed E-state index contributed by atoms with van der Waals surface area (Å²) in [5.41, 5.74) is 0. The fourth-order valence-corrected chi connectivity index (χ4v) is 1.49. The fraction of sp³-hybridized carbons (Fsp3) is 0.875. The summed E-state index contributed by atoms with van der Waals surface area (Å²) in [4.78, 5) is 13.4. The summed E-state index contributed by atoms with van der Waals surface area (Å²) >= 11 is 0. The van der Waals surface area contributed by atoms with E-state index < -0.39 is 0 Å². The van der Waals surface area contributed by atoms with Gasteiger partial charge in [-0.1, -0.05) is 6.92 Å². The molecule has 0 amide bonds. The second-order valence-electron chi connectivity index (χ2n) is 3.07. The molecule has 1 rings (SSSR count). The van der Waals surface area contributed by atoms with E-state index in [9.17, 15) is 4.79 Å². The standard InChI is InChI=1S/C8H15NO/c1-3-8(10)7-4-5-9(2)6-7/h7H,3-6H2,1-2H3/t7-/m1/s1. The minimum atomic E-state index is 0.343. The highest BCUT2D eigenvalue weighted by Gasteiger charge is 2.24. The van der Waals surface area contributed by atoms with E-state index in [1.807, 2.05) is 6.92 Å². The molecule has 0 aromatic rings. The lowest BCUT2D eigenvalue weighted by atomic mass is 10.0. The molecule has 0 unspecified atom stereocenters. The maximum absolute atomic E-state index is 11.1. The summed E-state index contributed by atoms with van der Waals surface area (Å²) in [7, 11) is 2.07. The SMILES string of the molecule is CCC(=O)[C@@H]1CCN(C)C1. The van der Waals surface area contributed by atoms with Crippen LogP contribution in [-0.2, 0) is 4.79 Å². The molecular formula is C8H15NO. The van der Waals surface area contributed by atoms with Gasteiger partial charge < -0.3 is 4.90 Å². The number of ketones is 1. The lowest BCUT2D eigenvalue weighted by Crippen LogP contribution is -2.18. The number of nitrogens with zero attached hydrogens (tertiary/aromatic N) is 1. The zero-order valence-corrected chi connectivity index (χ0v) is 6.76. The molecule has 0 aromatic carbocycles. The number of rotatable bonds is 2. The Morgan fingerprint density at radius 3 is 2.80 bits per heavy atom. The Kier molecular flexibility index (Phi) is 2.44. The molecule has 10 heavy (non-hydrogen) atoms. The van der Waals surface area contributed by atoms with Gasteiger partial charge in [-0.3, -0.25) is 4.79 Å². The molecule has 0 aliphatic carbocycles. The normalized spacial score (nSPS) is 27.2. The smallest absolute Gasteiger partial charge is 0.137 e. The van der Waals surface area contributed by atoms with Crippen LogP contribution in [0.3, 0.4) is 0 Å². The van der Waals surface area contributed by atoms with Gasteiger partial charge in [0, 0.05) is 18.9 Å². The third kappa shape index (κ3) is 1.57. The topological polar surface area (TPSA) is 20.3 Å². The first kappa shape index (κ1) is 7.73. The highest BCUT2D eigenvalue weighted by molar-refractivity contribution is 5.81. The van der Waals surface area contributed by atoms with Crippen molar-refractivity contribution in [1.29, 1.82) is 0 Å². The van der Waals surface area contributed by atoms with Crippen LogP contribution < -0.4 is 0 Å². The highest BCUT2D eigenvalue weighted by Crippen LogP contribution is 2.15. The summed E-state index contributed by atoms with van der Waals surface area (Å²) < 4.78 is 0. The third-order valence-corrected chi connectivity index (χ3v) is 2.20. The lowest BCUT2D eigenvalue weighted by molar-refractivity contribution is -0.122. The van der Waals surface area contributed by atoms with Crippen LogP contribution in [-0.4, -0.2) is 30.8 Å². The van der Waals surface area contributed by atoms with Crippen molar-refractivity contribution in [1.82, 2.24) is 4.90 Å². The Bertz CT molecular complexity index is 133. The van der Waals surface area contributed by atoms with Crippen LogP contribution in [0.15, 0.2) is 0 Å². The Morgan fingerprint density at radius 2 is 2.40 bits per heavy atom. The Balaban J connectivity index is 2.37. The molecule has 1 atom stereocenters. The van der Waals surface area contributed by atoms with Gasteiger partial charge in [0.2, 0.25) is 0 Å². The molecule has 0 bridgehead atoms. The average Bonchev–Trinajstić information content (AvgIpc) is 2.34. The molecule has 1 saturated heterocycles. The van der Waals surface area contributed by atoms with Crippen molar-refractivity contribution in [2.75, 3.05) is 20.1 Å². The highest BCUT2D eigenvalue weighted by atomic mass is 16.1. The van der Waals surface area contributed by atoms with E-state index >= 15 is 0 Å². The molecule has 58 valence electrons. The average molecular weight is 141 g/mol. The van der Waals surface area contributed by atoms with Crippen LogP contribution in [0.5, 0.6) is 0 Å². The first-order valence-electron chi connectivity index (χ1n) is 3.95. The van der Waals surface area contributed by atoms with Crippen molar-refractivity contribution in [2.24, 2.45) is 5.92 Å². The summed E-state index contributed by atoms with van der Waals surface area (Å²) in [6, 6.07) is 0. The first-order chi connectivity index (χ1) is 4.74. The van der Waals surface area contributed by atoms with E-state index in [0.717, 1.165) is 19.5 Å². The Morgan fingerprint density at radius 1 is 1.70 bits per heavy atom. The Labute approximate surface area is 62.2 Å². The van der Waals surface area contributed by atoms with Crippen LogP contribution in [0.2, 0.25) is 0 Å². The van der Waals surface area contributed by atoms with Gasteiger partial charge in [-0.2, -0.15) is 0 Å². The molecule has 2 nitrogen and oxygen atoms in total. The molecule has 0 aromatic heterocycles. The van der Waals surface area contributed by atoms with Gasteiger partial charge in [0.05, 0.1) is 0 Å². The van der Waals surface area contributed by atoms with Gasteiger partial charge in [-0.05, 0) is 20.0 Å². The third-order valence-electron chi connectivity index (χ3n) is 2.20. The molecule has 1 aliphatic rings. The van der Waals surface area contributed by atoms with Gasteiger partial charge in [-0.15, -0.1) is 0 Å². The molecule has 0 spiro atoms. The van der Waals surface area contributed by atoms with Crippen molar-refractivity contribution in [2.45, 2.75) is 19.8 Å². The molecular weight excluding hydrogens is 126 g/mol. The number of carbonyl (C=O) groups excluding carboxylic acids is 1. The fourth-order valence-electron chi connectivity index (χ4n) is 1.49. The van der Waals surface area contributed by atoms with Gasteiger partial charge in [0.25, 0.3) is 0 Å². The molecule has 0 saturated carbocycles. The van der Waals surface area contributed by atoms with E-state index in [-0.39, 0.29) is 0 Å². The summed E-state index contributed by atoms with van der Waals surface area (Å²) in [5, 5.41) is 0. The van der Waals surface area contributed by atoms with Gasteiger partial charge in [-0.25, -0.2) is 0 Å². The van der Waals surface area contributed by atoms with Crippen LogP contribution in [0.25, 0.3) is 0 Å². The second-order valence-corrected chi connectivity index (χ2v) is 3.07. The Hall–Kier alpha value is -0.370. The van der Waals surface area contributed by atoms with Crippen LogP contribution >= 0.6 is 0 Å². The maximum Gasteiger partial charge on any atom is 0.137 e. The van der Waals surface area contributed by atoms with Gasteiger partial charge in [0.15, 0.2) is 0 Å². The van der Waals surface area contributed by atoms with Gasteiger partial charge in [0.1, 0.15) is 5.78 Å². The predicted octanol–water partition coefficient (Wildman–Crippen LogP) is 0.917. The van der Waals surface area contributed by atoms with E-state index in [1.54, 1.807) is 0 Å². The summed E-state index contributed by atoms with van der Waals surface area (Å²) in [5.74, 6) is 0.777. The molecule has 1 aliphatic heterocycles. The lowest BCUT2D eigenvalue weighted by Gasteiger charge is -2.06. The zero-order chi connectivity index (χ0) is 7.56. The van der Waals surface area contributed by atoms with Crippen molar-refractivity contribution < 1.29 is 4.79 Å². The maximum atomic E-state index is 11.1.